The van der Waals surface area contributed by atoms with Gasteiger partial charge in [0.2, 0.25) is 0 Å². The second-order valence-corrected chi connectivity index (χ2v) is 8.19. The fraction of sp³-hybridized carbons (Fsp3) is 0.273. The number of halogens is 2. The molecule has 2 atom stereocenters. The average molecular weight is 481 g/mol. The molecule has 180 valence electrons. The van der Waals surface area contributed by atoms with Crippen molar-refractivity contribution < 1.29 is 18.7 Å². The number of rotatable bonds is 7. The van der Waals surface area contributed by atoms with Gasteiger partial charge in [-0.05, 0) is 42.5 Å². The second-order valence-electron chi connectivity index (χ2n) is 8.19. The zero-order valence-corrected chi connectivity index (χ0v) is 18.6. The lowest BCUT2D eigenvalue weighted by Crippen LogP contribution is -2.53. The fourth-order valence-electron chi connectivity index (χ4n) is 4.31. The Bertz CT molecular complexity index is 1320. The van der Waals surface area contributed by atoms with Crippen LogP contribution in [0.4, 0.5) is 19.3 Å². The Hall–Kier alpha value is -4.26. The molecule has 35 heavy (non-hydrogen) atoms. The maximum Gasteiger partial charge on any atom is 0.324 e. The molecule has 4 aromatic rings. The third-order valence-corrected chi connectivity index (χ3v) is 6.21. The van der Waals surface area contributed by atoms with Crippen molar-refractivity contribution in [3.8, 4) is 5.69 Å². The summed E-state index contributed by atoms with van der Waals surface area (Å²) in [6.45, 7) is 2.07. The molecular weight excluding hydrogens is 460 g/mol. The van der Waals surface area contributed by atoms with Crippen molar-refractivity contribution in [2.24, 2.45) is 0 Å². The third-order valence-electron chi connectivity index (χ3n) is 6.21. The number of amides is 2. The van der Waals surface area contributed by atoms with Crippen molar-refractivity contribution >= 4 is 11.7 Å². The van der Waals surface area contributed by atoms with E-state index in [-0.39, 0.29) is 24.7 Å². The molecule has 1 N–H and O–H groups in total. The van der Waals surface area contributed by atoms with Gasteiger partial charge in [-0.2, -0.15) is 5.10 Å². The van der Waals surface area contributed by atoms with Crippen LogP contribution in [0.2, 0.25) is 0 Å². The summed E-state index contributed by atoms with van der Waals surface area (Å²) in [6, 6.07) is 8.74. The Labute approximate surface area is 198 Å². The van der Waals surface area contributed by atoms with E-state index in [1.807, 2.05) is 0 Å². The van der Waals surface area contributed by atoms with Crippen LogP contribution in [0.5, 0.6) is 0 Å². The maximum atomic E-state index is 14.8. The summed E-state index contributed by atoms with van der Waals surface area (Å²) in [5.74, 6) is -1.68. The first-order chi connectivity index (χ1) is 16.9. The van der Waals surface area contributed by atoms with E-state index in [0.717, 1.165) is 6.07 Å². The predicted octanol–water partition coefficient (Wildman–Crippen LogP) is 1.75. The van der Waals surface area contributed by atoms with Gasteiger partial charge in [-0.1, -0.05) is 6.07 Å². The maximum absolute atomic E-state index is 14.8. The summed E-state index contributed by atoms with van der Waals surface area (Å²) in [5, 5.41) is 27.3. The number of aromatic nitrogens is 7. The molecule has 0 aliphatic carbocycles. The van der Waals surface area contributed by atoms with Crippen LogP contribution in [0, 0.1) is 11.6 Å². The largest absolute Gasteiger partial charge is 0.381 e. The number of anilines is 1. The zero-order chi connectivity index (χ0) is 24.6. The van der Waals surface area contributed by atoms with Gasteiger partial charge < -0.3 is 10.0 Å². The first-order valence-electron chi connectivity index (χ1n) is 10.8. The van der Waals surface area contributed by atoms with Gasteiger partial charge in [-0.3, -0.25) is 4.90 Å². The van der Waals surface area contributed by atoms with E-state index in [9.17, 15) is 18.7 Å². The first kappa shape index (κ1) is 22.5. The standard InChI is InChI=1S/C22H21F2N9O2/c1-15(22(35,11-30-14-25-12-27-30)19-7-2-16(23)10-20(19)24)31-8-9-32(21(31)34)17-3-5-18(6-4-17)33-28-13-26-29-33/h2-7,10,12-15,35H,8-9,11H2,1H3/t15-,22-/m1/s1. The molecule has 3 heterocycles. The zero-order valence-electron chi connectivity index (χ0n) is 18.6. The Morgan fingerprint density at radius 3 is 2.49 bits per heavy atom. The number of hydrogen-bond donors (Lipinski definition) is 1. The lowest BCUT2D eigenvalue weighted by molar-refractivity contribution is -0.0475. The highest BCUT2D eigenvalue weighted by molar-refractivity contribution is 5.94. The number of aliphatic hydroxyl groups is 1. The SMILES string of the molecule is C[C@@H](N1CCN(c2ccc(-n3ncnn3)cc2)C1=O)[C@](O)(Cn1cncn1)c1ccc(F)cc1F. The Morgan fingerprint density at radius 1 is 1.06 bits per heavy atom. The Balaban J connectivity index is 1.43. The van der Waals surface area contributed by atoms with Crippen LogP contribution in [0.25, 0.3) is 5.69 Å². The number of benzene rings is 2. The summed E-state index contributed by atoms with van der Waals surface area (Å²) >= 11 is 0. The van der Waals surface area contributed by atoms with Crippen LogP contribution in [0.1, 0.15) is 12.5 Å². The summed E-state index contributed by atoms with van der Waals surface area (Å²) in [7, 11) is 0. The van der Waals surface area contributed by atoms with Crippen molar-refractivity contribution in [2.75, 3.05) is 18.0 Å². The molecule has 0 saturated carbocycles. The minimum absolute atomic E-state index is 0.141. The van der Waals surface area contributed by atoms with Crippen LogP contribution in [0.3, 0.4) is 0 Å². The van der Waals surface area contributed by atoms with E-state index in [1.54, 1.807) is 36.1 Å². The van der Waals surface area contributed by atoms with E-state index in [0.29, 0.717) is 24.0 Å². The summed E-state index contributed by atoms with van der Waals surface area (Å²) in [5.41, 5.74) is -0.740. The monoisotopic (exact) mass is 481 g/mol. The number of nitrogens with zero attached hydrogens (tertiary/aromatic N) is 9. The van der Waals surface area contributed by atoms with Crippen LogP contribution in [0.15, 0.2) is 61.4 Å². The van der Waals surface area contributed by atoms with Crippen LogP contribution < -0.4 is 4.90 Å². The van der Waals surface area contributed by atoms with Crippen molar-refractivity contribution in [3.63, 3.8) is 0 Å². The molecule has 0 spiro atoms. The molecule has 1 aliphatic rings. The quantitative estimate of drug-likeness (QED) is 0.427. The number of tetrazole rings is 1. The third kappa shape index (κ3) is 4.10. The first-order valence-corrected chi connectivity index (χ1v) is 10.8. The van der Waals surface area contributed by atoms with Crippen molar-refractivity contribution in [3.05, 3.63) is 78.6 Å². The highest BCUT2D eigenvalue weighted by Gasteiger charge is 2.46. The smallest absolute Gasteiger partial charge is 0.324 e. The molecule has 1 fully saturated rings. The van der Waals surface area contributed by atoms with E-state index in [1.165, 1.54) is 39.4 Å². The number of carbonyl (C=O) groups is 1. The minimum Gasteiger partial charge on any atom is -0.381 e. The average Bonchev–Trinajstić information content (AvgIpc) is 3.61. The number of carbonyl (C=O) groups excluding carboxylic acids is 1. The molecule has 2 aromatic carbocycles. The molecule has 0 unspecified atom stereocenters. The summed E-state index contributed by atoms with van der Waals surface area (Å²) in [6.07, 6.45) is 3.98. The lowest BCUT2D eigenvalue weighted by atomic mass is 9.85. The van der Waals surface area contributed by atoms with Gasteiger partial charge in [0, 0.05) is 30.4 Å². The molecule has 1 aliphatic heterocycles. The van der Waals surface area contributed by atoms with Gasteiger partial charge in [0.15, 0.2) is 6.33 Å². The Morgan fingerprint density at radius 2 is 1.83 bits per heavy atom. The van der Waals surface area contributed by atoms with Crippen molar-refractivity contribution in [1.82, 2.24) is 39.9 Å². The highest BCUT2D eigenvalue weighted by Crippen LogP contribution is 2.35. The van der Waals surface area contributed by atoms with Crippen LogP contribution in [-0.4, -0.2) is 70.1 Å². The highest BCUT2D eigenvalue weighted by atomic mass is 19.1. The van der Waals surface area contributed by atoms with E-state index in [2.05, 4.69) is 25.5 Å². The van der Waals surface area contributed by atoms with Crippen LogP contribution >= 0.6 is 0 Å². The van der Waals surface area contributed by atoms with E-state index < -0.39 is 23.3 Å². The Kier molecular flexibility index (Phi) is 5.68. The van der Waals surface area contributed by atoms with Crippen LogP contribution in [-0.2, 0) is 12.1 Å². The predicted molar refractivity (Wildman–Crippen MR) is 118 cm³/mol. The molecular formula is C22H21F2N9O2. The van der Waals surface area contributed by atoms with Crippen molar-refractivity contribution in [2.45, 2.75) is 25.1 Å². The minimum atomic E-state index is -1.92. The molecule has 1 saturated heterocycles. The number of hydrogen-bond acceptors (Lipinski definition) is 7. The molecule has 0 radical (unpaired) electrons. The topological polar surface area (TPSA) is 118 Å². The van der Waals surface area contributed by atoms with Gasteiger partial charge in [-0.25, -0.2) is 23.2 Å². The number of urea groups is 1. The van der Waals surface area contributed by atoms with Gasteiger partial charge >= 0.3 is 6.03 Å². The van der Waals surface area contributed by atoms with E-state index in [4.69, 9.17) is 0 Å². The molecule has 13 heteroatoms. The normalized spacial score (nSPS) is 16.5. The van der Waals surface area contributed by atoms with Gasteiger partial charge in [-0.15, -0.1) is 15.0 Å². The second kappa shape index (κ2) is 8.83. The van der Waals surface area contributed by atoms with E-state index >= 15 is 0 Å². The fourth-order valence-corrected chi connectivity index (χ4v) is 4.31. The molecule has 5 rings (SSSR count). The van der Waals surface area contributed by atoms with Gasteiger partial charge in [0.05, 0.1) is 18.3 Å². The summed E-state index contributed by atoms with van der Waals surface area (Å²) < 4.78 is 29.8. The molecule has 2 aromatic heterocycles. The van der Waals surface area contributed by atoms with Gasteiger partial charge in [0.1, 0.15) is 29.9 Å². The lowest BCUT2D eigenvalue weighted by Gasteiger charge is -2.39. The summed E-state index contributed by atoms with van der Waals surface area (Å²) in [4.78, 5) is 21.6. The molecule has 11 nitrogen and oxygen atoms in total. The van der Waals surface area contributed by atoms with Gasteiger partial charge in [0.25, 0.3) is 0 Å². The van der Waals surface area contributed by atoms with Crippen molar-refractivity contribution in [1.29, 1.82) is 0 Å². The molecule has 0 bridgehead atoms. The molecule has 2 amide bonds.